The summed E-state index contributed by atoms with van der Waals surface area (Å²) in [6.07, 6.45) is 2.71. The van der Waals surface area contributed by atoms with Crippen molar-refractivity contribution in [1.82, 2.24) is 19.7 Å². The zero-order valence-electron chi connectivity index (χ0n) is 28.2. The Morgan fingerprint density at radius 1 is 0.900 bits per heavy atom. The molecule has 0 radical (unpaired) electrons. The Balaban J connectivity index is 0.925. The van der Waals surface area contributed by atoms with Gasteiger partial charge in [0.15, 0.2) is 0 Å². The molecule has 14 heteroatoms. The fourth-order valence-corrected chi connectivity index (χ4v) is 7.41. The number of imide groups is 1. The largest absolute Gasteiger partial charge is 0.491 e. The van der Waals surface area contributed by atoms with E-state index in [-0.39, 0.29) is 31.2 Å². The highest BCUT2D eigenvalue weighted by Gasteiger charge is 2.51. The molecule has 1 aromatic heterocycles. The minimum absolute atomic E-state index is 0.205. The van der Waals surface area contributed by atoms with Gasteiger partial charge in [-0.25, -0.2) is 19.4 Å². The normalized spacial score (nSPS) is 22.1. The SMILES string of the molecule is CCN1C(=O)N(c2ccc(N3CCN(c4ccc(OCC5COC(Cn6cncn6)(c6ccc(Cl)cc6Cl)O5)cc4)CC3)cc2)C(=O)C1(C)C. The molecule has 50 heavy (non-hydrogen) atoms. The molecule has 2 unspecified atom stereocenters. The molecule has 7 rings (SSSR count). The minimum atomic E-state index is -1.17. The van der Waals surface area contributed by atoms with E-state index >= 15 is 0 Å². The molecule has 3 saturated heterocycles. The van der Waals surface area contributed by atoms with Crippen LogP contribution in [0, 0.1) is 0 Å². The van der Waals surface area contributed by atoms with Gasteiger partial charge in [-0.1, -0.05) is 29.3 Å². The molecule has 0 saturated carbocycles. The monoisotopic (exact) mass is 719 g/mol. The quantitative estimate of drug-likeness (QED) is 0.187. The zero-order chi connectivity index (χ0) is 35.0. The van der Waals surface area contributed by atoms with Crippen LogP contribution in [0.3, 0.4) is 0 Å². The van der Waals surface area contributed by atoms with Crippen molar-refractivity contribution < 1.29 is 23.8 Å². The third-order valence-corrected chi connectivity index (χ3v) is 10.1. The van der Waals surface area contributed by atoms with Crippen LogP contribution in [0.5, 0.6) is 5.75 Å². The molecular formula is C36H39Cl2N7O5. The molecular weight excluding hydrogens is 681 g/mol. The van der Waals surface area contributed by atoms with E-state index < -0.39 is 11.3 Å². The fourth-order valence-electron chi connectivity index (χ4n) is 6.85. The predicted octanol–water partition coefficient (Wildman–Crippen LogP) is 5.83. The number of halogens is 2. The first-order valence-corrected chi connectivity index (χ1v) is 17.4. The lowest BCUT2D eigenvalue weighted by atomic mass is 10.0. The number of nitrogens with zero attached hydrogens (tertiary/aromatic N) is 7. The van der Waals surface area contributed by atoms with E-state index in [1.165, 1.54) is 11.2 Å². The van der Waals surface area contributed by atoms with Gasteiger partial charge in [0.25, 0.3) is 5.91 Å². The number of hydrogen-bond donors (Lipinski definition) is 0. The van der Waals surface area contributed by atoms with Gasteiger partial charge in [0.2, 0.25) is 5.79 Å². The van der Waals surface area contributed by atoms with Crippen LogP contribution in [0.1, 0.15) is 26.3 Å². The highest BCUT2D eigenvalue weighted by atomic mass is 35.5. The van der Waals surface area contributed by atoms with Gasteiger partial charge in [-0.05, 0) is 81.4 Å². The smallest absolute Gasteiger partial charge is 0.332 e. The summed E-state index contributed by atoms with van der Waals surface area (Å²) in [5, 5.41) is 5.19. The number of carbonyl (C=O) groups is 2. The van der Waals surface area contributed by atoms with Gasteiger partial charge in [-0.2, -0.15) is 5.10 Å². The number of likely N-dealkylation sites (N-methyl/N-ethyl adjacent to an activating group) is 1. The van der Waals surface area contributed by atoms with E-state index in [1.54, 1.807) is 48.0 Å². The van der Waals surface area contributed by atoms with E-state index in [9.17, 15) is 9.59 Å². The van der Waals surface area contributed by atoms with Gasteiger partial charge >= 0.3 is 6.03 Å². The molecule has 4 aromatic rings. The van der Waals surface area contributed by atoms with Gasteiger partial charge in [-0.15, -0.1) is 0 Å². The van der Waals surface area contributed by atoms with Gasteiger partial charge in [0, 0.05) is 54.7 Å². The van der Waals surface area contributed by atoms with Crippen LogP contribution >= 0.6 is 23.2 Å². The number of rotatable bonds is 10. The zero-order valence-corrected chi connectivity index (χ0v) is 29.7. The van der Waals surface area contributed by atoms with Crippen molar-refractivity contribution in [1.29, 1.82) is 0 Å². The molecule has 3 amide bonds. The summed E-state index contributed by atoms with van der Waals surface area (Å²) in [4.78, 5) is 37.6. The molecule has 3 fully saturated rings. The maximum Gasteiger partial charge on any atom is 0.332 e. The van der Waals surface area contributed by atoms with Crippen LogP contribution < -0.4 is 19.4 Å². The van der Waals surface area contributed by atoms with Gasteiger partial charge < -0.3 is 28.9 Å². The highest BCUT2D eigenvalue weighted by molar-refractivity contribution is 6.35. The van der Waals surface area contributed by atoms with Crippen molar-refractivity contribution in [3.63, 3.8) is 0 Å². The van der Waals surface area contributed by atoms with Crippen LogP contribution in [0.4, 0.5) is 21.9 Å². The maximum atomic E-state index is 13.0. The highest BCUT2D eigenvalue weighted by Crippen LogP contribution is 2.41. The van der Waals surface area contributed by atoms with Crippen molar-refractivity contribution in [3.8, 4) is 5.75 Å². The Labute approximate surface area is 301 Å². The van der Waals surface area contributed by atoms with Gasteiger partial charge in [0.1, 0.15) is 43.2 Å². The van der Waals surface area contributed by atoms with E-state index in [4.69, 9.17) is 37.4 Å². The van der Waals surface area contributed by atoms with E-state index in [1.807, 2.05) is 43.3 Å². The number of hydrogen-bond acceptors (Lipinski definition) is 9. The van der Waals surface area contributed by atoms with Crippen LogP contribution in [0.25, 0.3) is 0 Å². The molecule has 3 aliphatic rings. The van der Waals surface area contributed by atoms with Crippen molar-refractivity contribution in [3.05, 3.63) is 95.0 Å². The van der Waals surface area contributed by atoms with E-state index in [2.05, 4.69) is 32.0 Å². The van der Waals surface area contributed by atoms with Crippen LogP contribution in [0.2, 0.25) is 10.0 Å². The summed E-state index contributed by atoms with van der Waals surface area (Å²) in [5.74, 6) is -0.643. The molecule has 2 atom stereocenters. The summed E-state index contributed by atoms with van der Waals surface area (Å²) in [6, 6.07) is 20.7. The number of amides is 3. The number of ether oxygens (including phenoxy) is 3. The summed E-state index contributed by atoms with van der Waals surface area (Å²) < 4.78 is 20.5. The van der Waals surface area contributed by atoms with E-state index in [0.29, 0.717) is 34.4 Å². The molecule has 0 bridgehead atoms. The number of piperazine rings is 1. The topological polar surface area (TPSA) is 106 Å². The lowest BCUT2D eigenvalue weighted by Crippen LogP contribution is -2.46. The summed E-state index contributed by atoms with van der Waals surface area (Å²) in [5.41, 5.74) is 2.57. The van der Waals surface area contributed by atoms with Crippen molar-refractivity contribution >= 4 is 52.2 Å². The Hall–Kier alpha value is -4.36. The standard InChI is InChI=1S/C36H39Cl2N7O5/c1-4-44-34(47)45(33(46)35(44,2)3)28-8-6-26(7-9-28)41-15-17-42(18-16-41)27-10-12-29(13-11-27)48-20-30-21-49-36(50-30,22-43-24-39-23-40-43)31-14-5-25(37)19-32(31)38/h5-14,19,23-24,30H,4,15-18,20-22H2,1-3H3. The number of carbonyl (C=O) groups excluding carboxylic acids is 2. The summed E-state index contributed by atoms with van der Waals surface area (Å²) in [7, 11) is 0. The molecule has 0 aliphatic carbocycles. The Bertz CT molecular complexity index is 1830. The van der Waals surface area contributed by atoms with Gasteiger partial charge in [0.05, 0.1) is 17.3 Å². The maximum absolute atomic E-state index is 13.0. The van der Waals surface area contributed by atoms with Crippen LogP contribution in [0.15, 0.2) is 79.4 Å². The molecule has 0 spiro atoms. The predicted molar refractivity (Wildman–Crippen MR) is 191 cm³/mol. The first kappa shape index (κ1) is 34.1. The number of aromatic nitrogens is 3. The lowest BCUT2D eigenvalue weighted by molar-refractivity contribution is -0.190. The number of benzene rings is 3. The van der Waals surface area contributed by atoms with Gasteiger partial charge in [-0.3, -0.25) is 4.79 Å². The Morgan fingerprint density at radius 2 is 1.54 bits per heavy atom. The minimum Gasteiger partial charge on any atom is -0.491 e. The van der Waals surface area contributed by atoms with Crippen LogP contribution in [-0.4, -0.2) is 89.2 Å². The second kappa shape index (κ2) is 13.7. The molecule has 3 aliphatic heterocycles. The second-order valence-corrected chi connectivity index (χ2v) is 13.9. The summed E-state index contributed by atoms with van der Waals surface area (Å²) >= 11 is 12.7. The average Bonchev–Trinajstić information content (AvgIpc) is 3.82. The van der Waals surface area contributed by atoms with Crippen molar-refractivity contribution in [2.24, 2.45) is 0 Å². The average molecular weight is 721 g/mol. The third kappa shape index (κ3) is 6.48. The van der Waals surface area contributed by atoms with Crippen LogP contribution in [-0.2, 0) is 26.6 Å². The summed E-state index contributed by atoms with van der Waals surface area (Å²) in [6.45, 7) is 10.2. The molecule has 12 nitrogen and oxygen atoms in total. The first-order valence-electron chi connectivity index (χ1n) is 16.7. The Morgan fingerprint density at radius 3 is 2.12 bits per heavy atom. The first-order chi connectivity index (χ1) is 24.1. The van der Waals surface area contributed by atoms with Crippen molar-refractivity contribution in [2.75, 3.05) is 60.6 Å². The second-order valence-electron chi connectivity index (χ2n) is 13.0. The van der Waals surface area contributed by atoms with Crippen molar-refractivity contribution in [2.45, 2.75) is 44.7 Å². The molecule has 3 aromatic carbocycles. The van der Waals surface area contributed by atoms with E-state index in [0.717, 1.165) is 43.3 Å². The lowest BCUT2D eigenvalue weighted by Gasteiger charge is -2.37. The third-order valence-electron chi connectivity index (χ3n) is 9.57. The molecule has 262 valence electrons. The molecule has 0 N–H and O–H groups in total. The Kier molecular flexibility index (Phi) is 9.38. The molecule has 4 heterocycles. The fraction of sp³-hybridized carbons (Fsp3) is 0.389. The number of urea groups is 1. The number of anilines is 3.